The summed E-state index contributed by atoms with van der Waals surface area (Å²) in [5.74, 6) is 0. The number of aromatic amines is 1. The zero-order chi connectivity index (χ0) is 10.7. The van der Waals surface area contributed by atoms with Crippen LogP contribution in [0.2, 0.25) is 0 Å². The van der Waals surface area contributed by atoms with Crippen molar-refractivity contribution in [3.8, 4) is 0 Å². The van der Waals surface area contributed by atoms with Crippen LogP contribution >= 0.6 is 0 Å². The van der Waals surface area contributed by atoms with E-state index < -0.39 is 0 Å². The second-order valence-electron chi connectivity index (χ2n) is 3.11. The summed E-state index contributed by atoms with van der Waals surface area (Å²) in [6.07, 6.45) is 4.75. The van der Waals surface area contributed by atoms with Crippen LogP contribution in [0, 0.1) is 0 Å². The van der Waals surface area contributed by atoms with Gasteiger partial charge in [0, 0.05) is 24.3 Å². The molecule has 0 saturated carbocycles. The van der Waals surface area contributed by atoms with Crippen LogP contribution in [0.25, 0.3) is 10.8 Å². The van der Waals surface area contributed by atoms with Crippen LogP contribution in [0.4, 0.5) is 5.69 Å². The summed E-state index contributed by atoms with van der Waals surface area (Å²) < 4.78 is 0. The van der Waals surface area contributed by atoms with Crippen LogP contribution in [0.1, 0.15) is 0 Å². The fourth-order valence-electron chi connectivity index (χ4n) is 1.44. The van der Waals surface area contributed by atoms with E-state index in [1.807, 2.05) is 0 Å². The van der Waals surface area contributed by atoms with E-state index in [9.17, 15) is 4.79 Å². The molecule has 0 aliphatic heterocycles. The number of nitrogens with one attached hydrogen (secondary N) is 2. The molecule has 0 saturated heterocycles. The lowest BCUT2D eigenvalue weighted by molar-refractivity contribution is 0.311. The van der Waals surface area contributed by atoms with Crippen LogP contribution in [-0.4, -0.2) is 28.2 Å². The van der Waals surface area contributed by atoms with Crippen LogP contribution in [0.3, 0.4) is 0 Å². The summed E-state index contributed by atoms with van der Waals surface area (Å²) in [5, 5.41) is 13.1. The number of hydrogen-bond donors (Lipinski definition) is 3. The molecule has 2 rings (SSSR count). The van der Waals surface area contributed by atoms with Crippen LogP contribution < -0.4 is 10.9 Å². The van der Waals surface area contributed by atoms with Crippen molar-refractivity contribution in [2.24, 2.45) is 0 Å². The zero-order valence-electron chi connectivity index (χ0n) is 8.03. The number of aliphatic hydroxyl groups is 1. The maximum atomic E-state index is 11.4. The Kier molecular flexibility index (Phi) is 2.64. The second-order valence-corrected chi connectivity index (χ2v) is 3.11. The molecule has 0 spiro atoms. The lowest BCUT2D eigenvalue weighted by Crippen LogP contribution is -2.09. The Morgan fingerprint density at radius 1 is 1.40 bits per heavy atom. The molecule has 2 aromatic rings. The number of fused-ring (bicyclic) bond motifs is 1. The van der Waals surface area contributed by atoms with Gasteiger partial charge in [-0.05, 0) is 6.07 Å². The van der Waals surface area contributed by atoms with Gasteiger partial charge in [-0.3, -0.25) is 9.78 Å². The number of hydrogen-bond acceptors (Lipinski definition) is 4. The molecule has 3 N–H and O–H groups in total. The molecular formula is C10H11N3O2. The van der Waals surface area contributed by atoms with Gasteiger partial charge in [0.15, 0.2) is 0 Å². The molecule has 2 heterocycles. The number of rotatable bonds is 3. The van der Waals surface area contributed by atoms with E-state index in [1.165, 1.54) is 6.20 Å². The van der Waals surface area contributed by atoms with E-state index in [2.05, 4.69) is 15.3 Å². The van der Waals surface area contributed by atoms with Crippen molar-refractivity contribution >= 4 is 16.5 Å². The van der Waals surface area contributed by atoms with Gasteiger partial charge in [0.1, 0.15) is 0 Å². The Hall–Kier alpha value is -1.88. The summed E-state index contributed by atoms with van der Waals surface area (Å²) in [7, 11) is 0. The van der Waals surface area contributed by atoms with Crippen molar-refractivity contribution in [2.45, 2.75) is 0 Å². The summed E-state index contributed by atoms with van der Waals surface area (Å²) in [4.78, 5) is 18.0. The second kappa shape index (κ2) is 4.10. The molecule has 5 nitrogen and oxygen atoms in total. The molecule has 0 amide bonds. The molecule has 0 aromatic carbocycles. The highest BCUT2D eigenvalue weighted by Crippen LogP contribution is 2.17. The van der Waals surface area contributed by atoms with Gasteiger partial charge in [0.05, 0.1) is 23.9 Å². The third-order valence-electron chi connectivity index (χ3n) is 2.12. The quantitative estimate of drug-likeness (QED) is 0.674. The Labute approximate surface area is 85.8 Å². The van der Waals surface area contributed by atoms with E-state index in [1.54, 1.807) is 18.5 Å². The summed E-state index contributed by atoms with van der Waals surface area (Å²) in [6.45, 7) is 0.479. The Morgan fingerprint density at radius 3 is 3.07 bits per heavy atom. The van der Waals surface area contributed by atoms with Crippen molar-refractivity contribution in [1.82, 2.24) is 9.97 Å². The van der Waals surface area contributed by atoms with Gasteiger partial charge in [-0.25, -0.2) is 0 Å². The predicted molar refractivity (Wildman–Crippen MR) is 57.9 cm³/mol. The lowest BCUT2D eigenvalue weighted by atomic mass is 10.2. The molecule has 0 aliphatic carbocycles. The van der Waals surface area contributed by atoms with Gasteiger partial charge >= 0.3 is 0 Å². The minimum Gasteiger partial charge on any atom is -0.395 e. The van der Waals surface area contributed by atoms with E-state index in [-0.39, 0.29) is 12.2 Å². The largest absolute Gasteiger partial charge is 0.395 e. The highest BCUT2D eigenvalue weighted by Gasteiger charge is 2.02. The van der Waals surface area contributed by atoms with Crippen molar-refractivity contribution in [1.29, 1.82) is 0 Å². The molecule has 0 unspecified atom stereocenters. The fraction of sp³-hybridized carbons (Fsp3) is 0.200. The first-order valence-electron chi connectivity index (χ1n) is 4.63. The summed E-state index contributed by atoms with van der Waals surface area (Å²) in [6, 6.07) is 1.80. The SMILES string of the molecule is O=c1[nH]ccc2c(NCCO)cncc12. The predicted octanol–water partition coefficient (Wildman–Crippen LogP) is 0.327. The highest BCUT2D eigenvalue weighted by atomic mass is 16.3. The number of pyridine rings is 2. The lowest BCUT2D eigenvalue weighted by Gasteiger charge is -2.06. The van der Waals surface area contributed by atoms with E-state index in [0.29, 0.717) is 11.9 Å². The molecule has 0 radical (unpaired) electrons. The highest BCUT2D eigenvalue weighted by molar-refractivity contribution is 5.91. The topological polar surface area (TPSA) is 78.0 Å². The zero-order valence-corrected chi connectivity index (χ0v) is 8.03. The number of nitrogens with zero attached hydrogens (tertiary/aromatic N) is 1. The molecule has 0 aliphatic rings. The van der Waals surface area contributed by atoms with Gasteiger partial charge in [-0.2, -0.15) is 0 Å². The van der Waals surface area contributed by atoms with Crippen LogP contribution in [0.5, 0.6) is 0 Å². The van der Waals surface area contributed by atoms with Crippen molar-refractivity contribution in [3.05, 3.63) is 35.0 Å². The molecule has 5 heteroatoms. The normalized spacial score (nSPS) is 10.5. The summed E-state index contributed by atoms with van der Waals surface area (Å²) >= 11 is 0. The Balaban J connectivity index is 2.56. The third kappa shape index (κ3) is 1.82. The number of anilines is 1. The molecule has 2 aromatic heterocycles. The van der Waals surface area contributed by atoms with Gasteiger partial charge in [0.2, 0.25) is 0 Å². The van der Waals surface area contributed by atoms with E-state index in [4.69, 9.17) is 5.11 Å². The Morgan fingerprint density at radius 2 is 2.27 bits per heavy atom. The summed E-state index contributed by atoms with van der Waals surface area (Å²) in [5.41, 5.74) is 0.597. The van der Waals surface area contributed by atoms with Gasteiger partial charge in [-0.1, -0.05) is 0 Å². The maximum absolute atomic E-state index is 11.4. The minimum atomic E-state index is -0.160. The van der Waals surface area contributed by atoms with Gasteiger partial charge in [0.25, 0.3) is 5.56 Å². The maximum Gasteiger partial charge on any atom is 0.257 e. The van der Waals surface area contributed by atoms with E-state index >= 15 is 0 Å². The first-order valence-corrected chi connectivity index (χ1v) is 4.63. The third-order valence-corrected chi connectivity index (χ3v) is 2.12. The molecular weight excluding hydrogens is 194 g/mol. The van der Waals surface area contributed by atoms with Crippen LogP contribution in [0.15, 0.2) is 29.5 Å². The van der Waals surface area contributed by atoms with Gasteiger partial charge < -0.3 is 15.4 Å². The monoisotopic (exact) mass is 205 g/mol. The number of H-pyrrole nitrogens is 1. The molecule has 0 bridgehead atoms. The minimum absolute atomic E-state index is 0.0412. The fourth-order valence-corrected chi connectivity index (χ4v) is 1.44. The standard InChI is InChI=1S/C10H11N3O2/c14-4-3-12-9-6-11-5-8-7(9)1-2-13-10(8)15/h1-2,5-6,12,14H,3-4H2,(H,13,15). The first kappa shape index (κ1) is 9.67. The first-order chi connectivity index (χ1) is 7.33. The Bertz CT molecular complexity index is 521. The number of aromatic nitrogens is 2. The molecule has 15 heavy (non-hydrogen) atoms. The average molecular weight is 205 g/mol. The average Bonchev–Trinajstić information content (AvgIpc) is 2.27. The van der Waals surface area contributed by atoms with Gasteiger partial charge in [-0.15, -0.1) is 0 Å². The molecule has 78 valence electrons. The van der Waals surface area contributed by atoms with Crippen molar-refractivity contribution in [3.63, 3.8) is 0 Å². The van der Waals surface area contributed by atoms with Crippen LogP contribution in [-0.2, 0) is 0 Å². The van der Waals surface area contributed by atoms with Crippen molar-refractivity contribution < 1.29 is 5.11 Å². The molecule has 0 atom stereocenters. The van der Waals surface area contributed by atoms with Crippen molar-refractivity contribution in [2.75, 3.05) is 18.5 Å². The number of aliphatic hydroxyl groups excluding tert-OH is 1. The molecule has 0 fully saturated rings. The van der Waals surface area contributed by atoms with E-state index in [0.717, 1.165) is 11.1 Å². The smallest absolute Gasteiger partial charge is 0.257 e.